The van der Waals surface area contributed by atoms with Gasteiger partial charge in [0.05, 0.1) is 26.9 Å². The van der Waals surface area contributed by atoms with E-state index in [1.54, 1.807) is 0 Å². The molecule has 0 atom stereocenters. The first-order chi connectivity index (χ1) is 14.8. The van der Waals surface area contributed by atoms with E-state index in [1.165, 1.54) is 43.3 Å². The Morgan fingerprint density at radius 3 is 1.77 bits per heavy atom. The van der Waals surface area contributed by atoms with Gasteiger partial charge in [0.25, 0.3) is 11.8 Å². The summed E-state index contributed by atoms with van der Waals surface area (Å²) in [6.45, 7) is 0.555. The van der Waals surface area contributed by atoms with Crippen LogP contribution in [-0.4, -0.2) is 69.1 Å². The van der Waals surface area contributed by atoms with Crippen LogP contribution in [0.15, 0.2) is 24.3 Å². The number of methoxy groups -OCH3 is 3. The zero-order chi connectivity index (χ0) is 22.7. The minimum atomic E-state index is -1.69. The molecule has 1 heterocycles. The molecule has 2 amide bonds. The minimum absolute atomic E-state index is 0.105. The summed E-state index contributed by atoms with van der Waals surface area (Å²) in [6.07, 6.45) is 0. The van der Waals surface area contributed by atoms with Crippen LogP contribution in [0.3, 0.4) is 0 Å². The van der Waals surface area contributed by atoms with Gasteiger partial charge < -0.3 is 24.0 Å². The van der Waals surface area contributed by atoms with E-state index in [4.69, 9.17) is 14.2 Å². The predicted octanol–water partition coefficient (Wildman–Crippen LogP) is 2.73. The molecule has 1 aliphatic heterocycles. The topological polar surface area (TPSA) is 68.3 Å². The van der Waals surface area contributed by atoms with Crippen molar-refractivity contribution >= 4 is 11.8 Å². The fraction of sp³-hybridized carbons (Fsp3) is 0.333. The Kier molecular flexibility index (Phi) is 6.57. The van der Waals surface area contributed by atoms with Gasteiger partial charge in [-0.15, -0.1) is 0 Å². The van der Waals surface area contributed by atoms with Crippen LogP contribution in [0, 0.1) is 17.5 Å². The Labute approximate surface area is 176 Å². The molecule has 0 bridgehead atoms. The Balaban J connectivity index is 1.73. The van der Waals surface area contributed by atoms with Gasteiger partial charge in [-0.2, -0.15) is 0 Å². The van der Waals surface area contributed by atoms with E-state index >= 15 is 0 Å². The number of ether oxygens (including phenoxy) is 3. The smallest absolute Gasteiger partial charge is 0.257 e. The Morgan fingerprint density at radius 1 is 0.774 bits per heavy atom. The van der Waals surface area contributed by atoms with Gasteiger partial charge in [-0.25, -0.2) is 13.2 Å². The number of nitrogens with zero attached hydrogens (tertiary/aromatic N) is 2. The van der Waals surface area contributed by atoms with Crippen molar-refractivity contribution < 1.29 is 37.0 Å². The van der Waals surface area contributed by atoms with Crippen LogP contribution in [0.4, 0.5) is 13.2 Å². The van der Waals surface area contributed by atoms with Crippen molar-refractivity contribution in [3.05, 3.63) is 52.8 Å². The molecule has 0 aliphatic carbocycles. The van der Waals surface area contributed by atoms with Gasteiger partial charge in [-0.05, 0) is 24.3 Å². The standard InChI is InChI=1S/C21H21F3N2O5/c1-29-15-10-12(11-16(30-2)19(15)31-3)20(27)25-6-8-26(9-7-25)21(28)13-4-5-14(22)18(24)17(13)23/h4-5,10-11H,6-9H2,1-3H3. The van der Waals surface area contributed by atoms with Crippen molar-refractivity contribution in [3.8, 4) is 17.2 Å². The second-order valence-corrected chi connectivity index (χ2v) is 6.72. The normalized spacial score (nSPS) is 13.7. The highest BCUT2D eigenvalue weighted by atomic mass is 19.2. The third-order valence-electron chi connectivity index (χ3n) is 5.03. The quantitative estimate of drug-likeness (QED) is 0.672. The lowest BCUT2D eigenvalue weighted by Gasteiger charge is -2.35. The van der Waals surface area contributed by atoms with E-state index in [-0.39, 0.29) is 32.1 Å². The number of piperazine rings is 1. The summed E-state index contributed by atoms with van der Waals surface area (Å²) in [7, 11) is 4.33. The summed E-state index contributed by atoms with van der Waals surface area (Å²) >= 11 is 0. The maximum absolute atomic E-state index is 13.9. The maximum Gasteiger partial charge on any atom is 0.257 e. The fourth-order valence-corrected chi connectivity index (χ4v) is 3.36. The lowest BCUT2D eigenvalue weighted by molar-refractivity contribution is 0.0531. The molecule has 0 spiro atoms. The number of carbonyl (C=O) groups excluding carboxylic acids is 2. The summed E-state index contributed by atoms with van der Waals surface area (Å²) < 4.78 is 56.3. The van der Waals surface area contributed by atoms with Crippen LogP contribution in [0.1, 0.15) is 20.7 Å². The summed E-state index contributed by atoms with van der Waals surface area (Å²) in [5.41, 5.74) is -0.246. The number of halogens is 3. The molecule has 0 N–H and O–H groups in total. The summed E-state index contributed by atoms with van der Waals surface area (Å²) in [4.78, 5) is 28.3. The highest BCUT2D eigenvalue weighted by molar-refractivity contribution is 5.97. The molecule has 2 aromatic rings. The zero-order valence-corrected chi connectivity index (χ0v) is 17.2. The Hall–Kier alpha value is -3.43. The van der Waals surface area contributed by atoms with Gasteiger partial charge >= 0.3 is 0 Å². The fourth-order valence-electron chi connectivity index (χ4n) is 3.36. The monoisotopic (exact) mass is 438 g/mol. The number of hydrogen-bond acceptors (Lipinski definition) is 5. The molecule has 10 heteroatoms. The van der Waals surface area contributed by atoms with Crippen molar-refractivity contribution in [1.29, 1.82) is 0 Å². The van der Waals surface area contributed by atoms with Crippen LogP contribution in [0.2, 0.25) is 0 Å². The molecular formula is C21H21F3N2O5. The molecule has 31 heavy (non-hydrogen) atoms. The number of benzene rings is 2. The number of carbonyl (C=O) groups is 2. The molecule has 0 radical (unpaired) electrons. The SMILES string of the molecule is COc1cc(C(=O)N2CCN(C(=O)c3ccc(F)c(F)c3F)CC2)cc(OC)c1OC. The van der Waals surface area contributed by atoms with Gasteiger partial charge in [-0.3, -0.25) is 9.59 Å². The Bertz CT molecular complexity index is 982. The molecule has 166 valence electrons. The van der Waals surface area contributed by atoms with E-state index in [9.17, 15) is 22.8 Å². The number of hydrogen-bond donors (Lipinski definition) is 0. The van der Waals surface area contributed by atoms with Gasteiger partial charge in [0.2, 0.25) is 5.75 Å². The first kappa shape index (κ1) is 22.3. The highest BCUT2D eigenvalue weighted by Crippen LogP contribution is 2.38. The van der Waals surface area contributed by atoms with Crippen LogP contribution in [0.5, 0.6) is 17.2 Å². The van der Waals surface area contributed by atoms with Gasteiger partial charge in [0, 0.05) is 31.7 Å². The first-order valence-corrected chi connectivity index (χ1v) is 9.34. The molecule has 0 saturated carbocycles. The second-order valence-electron chi connectivity index (χ2n) is 6.72. The van der Waals surface area contributed by atoms with Crippen molar-refractivity contribution in [2.24, 2.45) is 0 Å². The summed E-state index contributed by atoms with van der Waals surface area (Å²) in [5, 5.41) is 0. The van der Waals surface area contributed by atoms with E-state index in [0.717, 1.165) is 6.07 Å². The van der Waals surface area contributed by atoms with Crippen molar-refractivity contribution in [2.75, 3.05) is 47.5 Å². The summed E-state index contributed by atoms with van der Waals surface area (Å²) in [6, 6.07) is 4.66. The number of amides is 2. The molecule has 1 saturated heterocycles. The molecular weight excluding hydrogens is 417 g/mol. The van der Waals surface area contributed by atoms with Gasteiger partial charge in [0.1, 0.15) is 0 Å². The first-order valence-electron chi connectivity index (χ1n) is 9.34. The van der Waals surface area contributed by atoms with E-state index in [0.29, 0.717) is 28.9 Å². The van der Waals surface area contributed by atoms with Crippen molar-refractivity contribution in [2.45, 2.75) is 0 Å². The molecule has 0 unspecified atom stereocenters. The highest BCUT2D eigenvalue weighted by Gasteiger charge is 2.29. The van der Waals surface area contributed by atoms with E-state index in [2.05, 4.69) is 0 Å². The van der Waals surface area contributed by atoms with Crippen LogP contribution >= 0.6 is 0 Å². The zero-order valence-electron chi connectivity index (χ0n) is 17.2. The van der Waals surface area contributed by atoms with Crippen molar-refractivity contribution in [3.63, 3.8) is 0 Å². The molecule has 1 fully saturated rings. The molecule has 7 nitrogen and oxygen atoms in total. The van der Waals surface area contributed by atoms with Gasteiger partial charge in [-0.1, -0.05) is 0 Å². The molecule has 2 aromatic carbocycles. The summed E-state index contributed by atoms with van der Waals surface area (Å²) in [5.74, 6) is -4.66. The third kappa shape index (κ3) is 4.23. The van der Waals surface area contributed by atoms with Crippen LogP contribution in [-0.2, 0) is 0 Å². The largest absolute Gasteiger partial charge is 0.493 e. The third-order valence-corrected chi connectivity index (χ3v) is 5.03. The second kappa shape index (κ2) is 9.15. The van der Waals surface area contributed by atoms with Crippen molar-refractivity contribution in [1.82, 2.24) is 9.80 Å². The van der Waals surface area contributed by atoms with Gasteiger partial charge in [0.15, 0.2) is 29.0 Å². The van der Waals surface area contributed by atoms with Crippen LogP contribution < -0.4 is 14.2 Å². The lowest BCUT2D eigenvalue weighted by Crippen LogP contribution is -2.50. The average molecular weight is 438 g/mol. The lowest BCUT2D eigenvalue weighted by atomic mass is 10.1. The van der Waals surface area contributed by atoms with E-state index in [1.807, 2.05) is 0 Å². The number of rotatable bonds is 5. The molecule has 0 aromatic heterocycles. The van der Waals surface area contributed by atoms with E-state index < -0.39 is 28.9 Å². The predicted molar refractivity (Wildman–Crippen MR) is 104 cm³/mol. The van der Waals surface area contributed by atoms with Crippen LogP contribution in [0.25, 0.3) is 0 Å². The average Bonchev–Trinajstić information content (AvgIpc) is 2.80. The Morgan fingerprint density at radius 2 is 1.29 bits per heavy atom. The molecule has 3 rings (SSSR count). The minimum Gasteiger partial charge on any atom is -0.493 e. The maximum atomic E-state index is 13.9. The molecule has 1 aliphatic rings.